The third-order valence-electron chi connectivity index (χ3n) is 4.71. The van der Waals surface area contributed by atoms with Gasteiger partial charge in [-0.3, -0.25) is 4.79 Å². The van der Waals surface area contributed by atoms with E-state index in [1.54, 1.807) is 13.0 Å². The highest BCUT2D eigenvalue weighted by atomic mass is 35.5. The average molecular weight is 427 g/mol. The van der Waals surface area contributed by atoms with Crippen LogP contribution in [0.25, 0.3) is 0 Å². The van der Waals surface area contributed by atoms with Gasteiger partial charge in [-0.2, -0.15) is 4.31 Å². The fourth-order valence-corrected chi connectivity index (χ4v) is 4.96. The van der Waals surface area contributed by atoms with Gasteiger partial charge < -0.3 is 5.32 Å². The Labute approximate surface area is 169 Å². The highest BCUT2D eigenvalue weighted by molar-refractivity contribution is 7.89. The zero-order valence-corrected chi connectivity index (χ0v) is 17.1. The molecule has 0 aromatic heterocycles. The van der Waals surface area contributed by atoms with Gasteiger partial charge in [0.05, 0.1) is 11.8 Å². The maximum Gasteiger partial charge on any atom is 0.251 e. The van der Waals surface area contributed by atoms with Gasteiger partial charge in [-0.25, -0.2) is 8.42 Å². The molecule has 8 heteroatoms. The van der Waals surface area contributed by atoms with Gasteiger partial charge in [0, 0.05) is 34.6 Å². The molecule has 2 atom stereocenters. The highest BCUT2D eigenvalue weighted by Gasteiger charge is 2.39. The van der Waals surface area contributed by atoms with Gasteiger partial charge in [0.15, 0.2) is 0 Å². The van der Waals surface area contributed by atoms with E-state index in [-0.39, 0.29) is 30.2 Å². The number of rotatable bonds is 5. The van der Waals surface area contributed by atoms with Crippen molar-refractivity contribution in [2.75, 3.05) is 18.8 Å². The first-order valence-electron chi connectivity index (χ1n) is 8.60. The Hall–Kier alpha value is -1.60. The number of carbonyl (C=O) groups is 1. The van der Waals surface area contributed by atoms with Crippen molar-refractivity contribution >= 4 is 39.1 Å². The first-order valence-corrected chi connectivity index (χ1v) is 11.0. The van der Waals surface area contributed by atoms with Crippen molar-refractivity contribution in [2.45, 2.75) is 18.9 Å². The minimum absolute atomic E-state index is 0.0269. The van der Waals surface area contributed by atoms with Crippen molar-refractivity contribution in [3.8, 4) is 0 Å². The van der Waals surface area contributed by atoms with E-state index < -0.39 is 10.0 Å². The molecule has 27 heavy (non-hydrogen) atoms. The van der Waals surface area contributed by atoms with Crippen LogP contribution in [0.15, 0.2) is 48.5 Å². The van der Waals surface area contributed by atoms with Crippen molar-refractivity contribution in [2.24, 2.45) is 0 Å². The van der Waals surface area contributed by atoms with Gasteiger partial charge in [0.1, 0.15) is 0 Å². The summed E-state index contributed by atoms with van der Waals surface area (Å²) in [5, 5.41) is 3.70. The monoisotopic (exact) mass is 426 g/mol. The quantitative estimate of drug-likeness (QED) is 0.794. The van der Waals surface area contributed by atoms with Crippen LogP contribution in [-0.2, 0) is 10.0 Å². The van der Waals surface area contributed by atoms with Crippen LogP contribution in [0.3, 0.4) is 0 Å². The van der Waals surface area contributed by atoms with E-state index in [1.807, 2.05) is 30.3 Å². The number of hydrogen-bond acceptors (Lipinski definition) is 3. The molecule has 2 aromatic carbocycles. The number of nitrogens with zero attached hydrogens (tertiary/aromatic N) is 1. The molecule has 1 aliphatic rings. The summed E-state index contributed by atoms with van der Waals surface area (Å²) in [5.41, 5.74) is 1.33. The van der Waals surface area contributed by atoms with E-state index in [9.17, 15) is 13.2 Å². The molecule has 0 aliphatic carbocycles. The normalized spacial score (nSPS) is 20.6. The van der Waals surface area contributed by atoms with Crippen LogP contribution in [0.1, 0.15) is 28.8 Å². The van der Waals surface area contributed by atoms with Crippen molar-refractivity contribution in [1.82, 2.24) is 9.62 Å². The summed E-state index contributed by atoms with van der Waals surface area (Å²) in [7, 11) is -3.35. The summed E-state index contributed by atoms with van der Waals surface area (Å²) in [6, 6.07) is 13.9. The van der Waals surface area contributed by atoms with Crippen molar-refractivity contribution in [3.05, 3.63) is 69.7 Å². The lowest BCUT2D eigenvalue weighted by atomic mass is 9.94. The molecule has 1 fully saturated rings. The molecule has 144 valence electrons. The lowest BCUT2D eigenvalue weighted by Crippen LogP contribution is -2.40. The molecule has 0 bridgehead atoms. The lowest BCUT2D eigenvalue weighted by Gasteiger charge is -2.20. The maximum absolute atomic E-state index is 12.7. The Morgan fingerprint density at radius 3 is 2.33 bits per heavy atom. The predicted molar refractivity (Wildman–Crippen MR) is 108 cm³/mol. The van der Waals surface area contributed by atoms with E-state index >= 15 is 0 Å². The van der Waals surface area contributed by atoms with Crippen LogP contribution in [0.2, 0.25) is 10.0 Å². The second-order valence-electron chi connectivity index (χ2n) is 6.47. The zero-order valence-electron chi connectivity index (χ0n) is 14.7. The number of halogens is 2. The van der Waals surface area contributed by atoms with Crippen LogP contribution < -0.4 is 5.32 Å². The van der Waals surface area contributed by atoms with Gasteiger partial charge >= 0.3 is 0 Å². The molecular weight excluding hydrogens is 407 g/mol. The summed E-state index contributed by atoms with van der Waals surface area (Å²) in [6.45, 7) is 2.18. The molecule has 1 saturated heterocycles. The first-order chi connectivity index (χ1) is 12.8. The number of nitrogens with one attached hydrogen (secondary N) is 1. The van der Waals surface area contributed by atoms with Crippen molar-refractivity contribution in [3.63, 3.8) is 0 Å². The minimum atomic E-state index is -3.35. The SMILES string of the molecule is CCS(=O)(=O)N1C[C@@H](NC(=O)c2cc(Cl)cc(Cl)c2)[C@H](c2ccccc2)C1. The summed E-state index contributed by atoms with van der Waals surface area (Å²) >= 11 is 12.0. The molecule has 1 heterocycles. The van der Waals surface area contributed by atoms with Gasteiger partial charge in [-0.15, -0.1) is 0 Å². The Morgan fingerprint density at radius 2 is 1.74 bits per heavy atom. The van der Waals surface area contributed by atoms with Crippen molar-refractivity contribution in [1.29, 1.82) is 0 Å². The summed E-state index contributed by atoms with van der Waals surface area (Å²) in [4.78, 5) is 12.7. The van der Waals surface area contributed by atoms with E-state index in [0.29, 0.717) is 22.2 Å². The number of amides is 1. The smallest absolute Gasteiger partial charge is 0.251 e. The van der Waals surface area contributed by atoms with Crippen LogP contribution in [0, 0.1) is 0 Å². The molecule has 3 rings (SSSR count). The third kappa shape index (κ3) is 4.63. The maximum atomic E-state index is 12.7. The van der Waals surface area contributed by atoms with Crippen LogP contribution in [0.4, 0.5) is 0 Å². The fourth-order valence-electron chi connectivity index (χ4n) is 3.30. The molecule has 0 saturated carbocycles. The summed E-state index contributed by atoms with van der Waals surface area (Å²) < 4.78 is 26.1. The second kappa shape index (κ2) is 8.19. The van der Waals surface area contributed by atoms with Crippen LogP contribution >= 0.6 is 23.2 Å². The Balaban J connectivity index is 1.87. The van der Waals surface area contributed by atoms with Gasteiger partial charge in [0.2, 0.25) is 10.0 Å². The summed E-state index contributed by atoms with van der Waals surface area (Å²) in [6.07, 6.45) is 0. The van der Waals surface area contributed by atoms with Crippen LogP contribution in [0.5, 0.6) is 0 Å². The first kappa shape index (κ1) is 20.1. The number of benzene rings is 2. The number of carbonyl (C=O) groups excluding carboxylic acids is 1. The number of sulfonamides is 1. The molecule has 0 unspecified atom stereocenters. The van der Waals surface area contributed by atoms with E-state index in [1.165, 1.54) is 16.4 Å². The van der Waals surface area contributed by atoms with Gasteiger partial charge in [-0.05, 0) is 30.7 Å². The van der Waals surface area contributed by atoms with E-state index in [0.717, 1.165) is 5.56 Å². The van der Waals surface area contributed by atoms with Crippen molar-refractivity contribution < 1.29 is 13.2 Å². The molecule has 5 nitrogen and oxygen atoms in total. The molecule has 1 N–H and O–H groups in total. The number of hydrogen-bond donors (Lipinski definition) is 1. The Kier molecular flexibility index (Phi) is 6.11. The van der Waals surface area contributed by atoms with Crippen LogP contribution in [-0.4, -0.2) is 43.5 Å². The molecule has 0 radical (unpaired) electrons. The molecule has 2 aromatic rings. The fraction of sp³-hybridized carbons (Fsp3) is 0.316. The topological polar surface area (TPSA) is 66.5 Å². The predicted octanol–water partition coefficient (Wildman–Crippen LogP) is 3.54. The Morgan fingerprint density at radius 1 is 1.11 bits per heavy atom. The third-order valence-corrected chi connectivity index (χ3v) is 6.96. The van der Waals surface area contributed by atoms with Gasteiger partial charge in [0.25, 0.3) is 5.91 Å². The molecule has 0 spiro atoms. The molecular formula is C19H20Cl2N2O3S. The van der Waals surface area contributed by atoms with Gasteiger partial charge in [-0.1, -0.05) is 53.5 Å². The summed E-state index contributed by atoms with van der Waals surface area (Å²) in [5.74, 6) is -0.439. The standard InChI is InChI=1S/C19H20Cl2N2O3S/c1-2-27(25,26)23-11-17(13-6-4-3-5-7-13)18(12-23)22-19(24)14-8-15(20)10-16(21)9-14/h3-10,17-18H,2,11-12H2,1H3,(H,22,24)/t17-,18+/m0/s1. The second-order valence-corrected chi connectivity index (χ2v) is 9.60. The largest absolute Gasteiger partial charge is 0.347 e. The molecule has 1 aliphatic heterocycles. The van der Waals surface area contributed by atoms with E-state index in [4.69, 9.17) is 23.2 Å². The Bertz CT molecular complexity index is 915. The minimum Gasteiger partial charge on any atom is -0.347 e. The lowest BCUT2D eigenvalue weighted by molar-refractivity contribution is 0.0936. The van der Waals surface area contributed by atoms with E-state index in [2.05, 4.69) is 5.32 Å². The highest BCUT2D eigenvalue weighted by Crippen LogP contribution is 2.30. The average Bonchev–Trinajstić information content (AvgIpc) is 3.06. The molecule has 1 amide bonds. The zero-order chi connectivity index (χ0) is 19.6.